The fourth-order valence-corrected chi connectivity index (χ4v) is 7.44. The lowest BCUT2D eigenvalue weighted by Crippen LogP contribution is -2.55. The van der Waals surface area contributed by atoms with Crippen molar-refractivity contribution in [3.8, 4) is 0 Å². The van der Waals surface area contributed by atoms with Gasteiger partial charge in [-0.25, -0.2) is 12.8 Å². The van der Waals surface area contributed by atoms with E-state index in [4.69, 9.17) is 4.74 Å². The summed E-state index contributed by atoms with van der Waals surface area (Å²) in [6.07, 6.45) is 5.13. The maximum Gasteiger partial charge on any atom is 0.243 e. The topological polar surface area (TPSA) is 87.3 Å². The van der Waals surface area contributed by atoms with E-state index in [0.717, 1.165) is 28.0 Å². The highest BCUT2D eigenvalue weighted by atomic mass is 32.2. The number of fused-ring (bicyclic) bond motifs is 2. The zero-order valence-corrected chi connectivity index (χ0v) is 23.8. The Morgan fingerprint density at radius 3 is 2.54 bits per heavy atom. The summed E-state index contributed by atoms with van der Waals surface area (Å²) >= 11 is 0. The zero-order chi connectivity index (χ0) is 27.8. The molecule has 2 atom stereocenters. The van der Waals surface area contributed by atoms with E-state index in [1.165, 1.54) is 12.1 Å². The summed E-state index contributed by atoms with van der Waals surface area (Å²) in [5.41, 5.74) is 4.47. The summed E-state index contributed by atoms with van der Waals surface area (Å²) in [4.78, 5) is 0.295. The predicted octanol–water partition coefficient (Wildman–Crippen LogP) is 4.84. The summed E-state index contributed by atoms with van der Waals surface area (Å²) in [7, 11) is -2.11. The van der Waals surface area contributed by atoms with Crippen molar-refractivity contribution in [1.82, 2.24) is 19.8 Å². The van der Waals surface area contributed by atoms with E-state index in [9.17, 15) is 12.8 Å². The van der Waals surface area contributed by atoms with Crippen LogP contribution in [-0.2, 0) is 26.6 Å². The normalized spacial score (nSPS) is 20.7. The van der Waals surface area contributed by atoms with Crippen LogP contribution in [0.15, 0.2) is 65.2 Å². The van der Waals surface area contributed by atoms with Gasteiger partial charge in [-0.05, 0) is 65.3 Å². The fraction of sp³-hybridized carbons (Fsp3) is 0.433. The number of nitrogens with one attached hydrogen (secondary N) is 2. The molecule has 1 aromatic heterocycles. The lowest BCUT2D eigenvalue weighted by Gasteiger charge is -2.50. The molecule has 1 saturated heterocycles. The molecule has 0 radical (unpaired) electrons. The van der Waals surface area contributed by atoms with Gasteiger partial charge < -0.3 is 10.1 Å². The van der Waals surface area contributed by atoms with Crippen molar-refractivity contribution in [2.75, 3.05) is 33.4 Å². The van der Waals surface area contributed by atoms with Crippen LogP contribution in [0.25, 0.3) is 6.08 Å². The van der Waals surface area contributed by atoms with E-state index < -0.39 is 15.4 Å². The van der Waals surface area contributed by atoms with Crippen molar-refractivity contribution in [1.29, 1.82) is 0 Å². The number of aromatic amines is 1. The van der Waals surface area contributed by atoms with Crippen LogP contribution in [-0.4, -0.2) is 56.3 Å². The van der Waals surface area contributed by atoms with Gasteiger partial charge in [-0.3, -0.25) is 5.10 Å². The standard InChI is InChI=1S/C30H37FN4O3S/c1-29(2,3)23-7-11-26(12-8-23)39(36,37)35-15-13-24-17-27-22(19-33-34-27)18-30(24,20-35)28(32-14-16-38-4)21-5-9-25(31)10-6-21/h5-12,17,19,28,32H,13-16,18,20H2,1-4H3,(H,33,34)/t28?,30-/m1/s1. The Bertz CT molecular complexity index is 1440. The number of halogens is 1. The number of methoxy groups -OCH3 is 1. The average Bonchev–Trinajstić information content (AvgIpc) is 3.36. The Kier molecular flexibility index (Phi) is 7.54. The maximum absolute atomic E-state index is 14.0. The van der Waals surface area contributed by atoms with Crippen LogP contribution in [0.4, 0.5) is 4.39 Å². The number of rotatable bonds is 8. The molecule has 0 bridgehead atoms. The third-order valence-electron chi connectivity index (χ3n) is 8.07. The minimum absolute atomic E-state index is 0.0716. The molecule has 1 aliphatic heterocycles. The molecule has 9 heteroatoms. The Morgan fingerprint density at radius 1 is 1.15 bits per heavy atom. The van der Waals surface area contributed by atoms with E-state index in [1.54, 1.807) is 35.7 Å². The van der Waals surface area contributed by atoms with Crippen molar-refractivity contribution in [2.24, 2.45) is 5.41 Å². The Labute approximate surface area is 230 Å². The monoisotopic (exact) mass is 552 g/mol. The first-order valence-electron chi connectivity index (χ1n) is 13.4. The quantitative estimate of drug-likeness (QED) is 0.391. The molecule has 2 aliphatic rings. The second-order valence-electron chi connectivity index (χ2n) is 11.6. The highest BCUT2D eigenvalue weighted by Crippen LogP contribution is 2.51. The van der Waals surface area contributed by atoms with Gasteiger partial charge in [0.1, 0.15) is 5.82 Å². The molecule has 1 aliphatic carbocycles. The summed E-state index contributed by atoms with van der Waals surface area (Å²) in [6, 6.07) is 13.5. The second-order valence-corrected chi connectivity index (χ2v) is 13.5. The number of H-pyrrole nitrogens is 1. The van der Waals surface area contributed by atoms with Gasteiger partial charge in [0, 0.05) is 38.2 Å². The molecule has 0 spiro atoms. The van der Waals surface area contributed by atoms with Crippen molar-refractivity contribution in [2.45, 2.75) is 50.0 Å². The summed E-state index contributed by atoms with van der Waals surface area (Å²) in [5, 5.41) is 11.0. The molecule has 1 fully saturated rings. The summed E-state index contributed by atoms with van der Waals surface area (Å²) in [6.45, 7) is 8.05. The van der Waals surface area contributed by atoms with Gasteiger partial charge in [-0.1, -0.05) is 50.6 Å². The molecule has 5 rings (SSSR count). The summed E-state index contributed by atoms with van der Waals surface area (Å²) < 4.78 is 48.9. The van der Waals surface area contributed by atoms with Gasteiger partial charge in [-0.15, -0.1) is 0 Å². The number of benzene rings is 2. The van der Waals surface area contributed by atoms with Crippen LogP contribution < -0.4 is 5.32 Å². The number of aromatic nitrogens is 2. The Hall–Kier alpha value is -2.85. The van der Waals surface area contributed by atoms with Crippen LogP contribution in [0.1, 0.15) is 55.6 Å². The molecule has 0 amide bonds. The second kappa shape index (κ2) is 10.6. The van der Waals surface area contributed by atoms with E-state index in [-0.39, 0.29) is 23.8 Å². The van der Waals surface area contributed by atoms with Crippen molar-refractivity contribution >= 4 is 16.1 Å². The molecule has 2 heterocycles. The predicted molar refractivity (Wildman–Crippen MR) is 150 cm³/mol. The van der Waals surface area contributed by atoms with E-state index in [2.05, 4.69) is 42.4 Å². The van der Waals surface area contributed by atoms with Gasteiger partial charge in [0.25, 0.3) is 0 Å². The third-order valence-corrected chi connectivity index (χ3v) is 9.93. The zero-order valence-electron chi connectivity index (χ0n) is 23.0. The van der Waals surface area contributed by atoms with Crippen LogP contribution in [0.3, 0.4) is 0 Å². The van der Waals surface area contributed by atoms with Crippen molar-refractivity contribution in [3.05, 3.63) is 88.5 Å². The highest BCUT2D eigenvalue weighted by molar-refractivity contribution is 7.89. The average molecular weight is 553 g/mol. The van der Waals surface area contributed by atoms with Crippen LogP contribution >= 0.6 is 0 Å². The molecule has 7 nitrogen and oxygen atoms in total. The van der Waals surface area contributed by atoms with Crippen LogP contribution in [0.2, 0.25) is 0 Å². The smallest absolute Gasteiger partial charge is 0.243 e. The number of sulfonamides is 1. The van der Waals surface area contributed by atoms with E-state index >= 15 is 0 Å². The molecule has 3 aromatic rings. The first-order valence-corrected chi connectivity index (χ1v) is 14.8. The van der Waals surface area contributed by atoms with Crippen LogP contribution in [0, 0.1) is 11.2 Å². The molecule has 208 valence electrons. The minimum Gasteiger partial charge on any atom is -0.383 e. The van der Waals surface area contributed by atoms with Gasteiger partial charge in [0.2, 0.25) is 10.0 Å². The molecular formula is C30H37FN4O3S. The van der Waals surface area contributed by atoms with Gasteiger partial charge in [0.15, 0.2) is 0 Å². The first kappa shape index (κ1) is 27.7. The number of hydrogen-bond acceptors (Lipinski definition) is 5. The van der Waals surface area contributed by atoms with Crippen LogP contribution in [0.5, 0.6) is 0 Å². The molecule has 1 unspecified atom stereocenters. The Morgan fingerprint density at radius 2 is 1.87 bits per heavy atom. The number of nitrogens with zero attached hydrogens (tertiary/aromatic N) is 2. The molecular weight excluding hydrogens is 515 g/mol. The van der Waals surface area contributed by atoms with Crippen molar-refractivity contribution in [3.63, 3.8) is 0 Å². The lowest BCUT2D eigenvalue weighted by molar-refractivity contribution is 0.137. The third kappa shape index (κ3) is 5.33. The van der Waals surface area contributed by atoms with E-state index in [0.29, 0.717) is 37.4 Å². The van der Waals surface area contributed by atoms with Crippen molar-refractivity contribution < 1.29 is 17.5 Å². The molecule has 39 heavy (non-hydrogen) atoms. The molecule has 0 saturated carbocycles. The summed E-state index contributed by atoms with van der Waals surface area (Å²) in [5.74, 6) is -0.310. The fourth-order valence-electron chi connectivity index (χ4n) is 5.93. The molecule has 2 aromatic carbocycles. The minimum atomic E-state index is -3.75. The highest BCUT2D eigenvalue weighted by Gasteiger charge is 2.50. The molecule has 2 N–H and O–H groups in total. The van der Waals surface area contributed by atoms with Gasteiger partial charge >= 0.3 is 0 Å². The van der Waals surface area contributed by atoms with E-state index in [1.807, 2.05) is 18.3 Å². The first-order chi connectivity index (χ1) is 18.5. The van der Waals surface area contributed by atoms with Gasteiger partial charge in [-0.2, -0.15) is 9.40 Å². The Balaban J connectivity index is 1.57. The number of hydrogen-bond donors (Lipinski definition) is 2. The number of piperidine rings is 1. The SMILES string of the molecule is COCCNC(c1ccc(F)cc1)[C@@]12Cc3cn[nH]c3C=C1CCN(S(=O)(=O)c1ccc(C(C)(C)C)cc1)C2. The van der Waals surface area contributed by atoms with Gasteiger partial charge in [0.05, 0.1) is 23.4 Å². The maximum atomic E-state index is 14.0. The lowest BCUT2D eigenvalue weighted by atomic mass is 9.63. The number of ether oxygens (including phenoxy) is 1. The largest absolute Gasteiger partial charge is 0.383 e.